The van der Waals surface area contributed by atoms with E-state index >= 15 is 0 Å². The van der Waals surface area contributed by atoms with E-state index in [1.807, 2.05) is 0 Å². The standard InChI is InChI=1S/C13H20N2O2/c16-11-8-14-15(9-11)10-12-4-7-13(17-12)5-2-1-3-6-13/h8-9,12,16H,1-7,10H2. The molecule has 1 saturated carbocycles. The van der Waals surface area contributed by atoms with E-state index in [1.54, 1.807) is 10.9 Å². The van der Waals surface area contributed by atoms with Crippen LogP contribution in [-0.4, -0.2) is 26.6 Å². The molecule has 1 aromatic rings. The third-order valence-corrected chi connectivity index (χ3v) is 4.11. The highest BCUT2D eigenvalue weighted by atomic mass is 16.5. The summed E-state index contributed by atoms with van der Waals surface area (Å²) in [4.78, 5) is 0. The lowest BCUT2D eigenvalue weighted by atomic mass is 9.83. The second-order valence-corrected chi connectivity index (χ2v) is 5.44. The molecule has 3 rings (SSSR count). The molecule has 1 N–H and O–H groups in total. The van der Waals surface area contributed by atoms with Crippen molar-refractivity contribution in [3.8, 4) is 5.75 Å². The van der Waals surface area contributed by atoms with Crippen LogP contribution in [0.3, 0.4) is 0 Å². The molecule has 1 saturated heterocycles. The van der Waals surface area contributed by atoms with E-state index in [0.717, 1.165) is 13.0 Å². The fraction of sp³-hybridized carbons (Fsp3) is 0.769. The average molecular weight is 236 g/mol. The van der Waals surface area contributed by atoms with Gasteiger partial charge in [-0.1, -0.05) is 19.3 Å². The van der Waals surface area contributed by atoms with Gasteiger partial charge in [0.25, 0.3) is 0 Å². The molecule has 0 radical (unpaired) electrons. The Hall–Kier alpha value is -1.03. The van der Waals surface area contributed by atoms with Gasteiger partial charge in [0, 0.05) is 0 Å². The van der Waals surface area contributed by atoms with E-state index in [1.165, 1.54) is 44.7 Å². The summed E-state index contributed by atoms with van der Waals surface area (Å²) in [7, 11) is 0. The normalized spacial score (nSPS) is 27.6. The lowest BCUT2D eigenvalue weighted by molar-refractivity contribution is -0.0688. The SMILES string of the molecule is Oc1cnn(CC2CCC3(CCCCC3)O2)c1. The highest BCUT2D eigenvalue weighted by Gasteiger charge is 2.40. The number of aromatic nitrogens is 2. The van der Waals surface area contributed by atoms with Crippen molar-refractivity contribution in [1.29, 1.82) is 0 Å². The van der Waals surface area contributed by atoms with Crippen molar-refractivity contribution in [2.75, 3.05) is 0 Å². The molecular weight excluding hydrogens is 216 g/mol. The fourth-order valence-electron chi connectivity index (χ4n) is 3.25. The largest absolute Gasteiger partial charge is 0.505 e. The van der Waals surface area contributed by atoms with Crippen molar-refractivity contribution in [3.05, 3.63) is 12.4 Å². The first kappa shape index (κ1) is 11.1. The second-order valence-electron chi connectivity index (χ2n) is 5.44. The van der Waals surface area contributed by atoms with Crippen molar-refractivity contribution < 1.29 is 9.84 Å². The average Bonchev–Trinajstić information content (AvgIpc) is 2.89. The van der Waals surface area contributed by atoms with Crippen LogP contribution >= 0.6 is 0 Å². The molecule has 2 fully saturated rings. The predicted octanol–water partition coefficient (Wildman–Crippen LogP) is 2.47. The lowest BCUT2D eigenvalue weighted by Gasteiger charge is -2.33. The summed E-state index contributed by atoms with van der Waals surface area (Å²) in [6, 6.07) is 0. The summed E-state index contributed by atoms with van der Waals surface area (Å²) in [6.07, 6.45) is 12.2. The number of hydrogen-bond donors (Lipinski definition) is 1. The Balaban J connectivity index is 1.60. The molecule has 94 valence electrons. The molecule has 1 atom stereocenters. The van der Waals surface area contributed by atoms with Gasteiger partial charge >= 0.3 is 0 Å². The molecule has 0 bridgehead atoms. The molecule has 2 aliphatic rings. The summed E-state index contributed by atoms with van der Waals surface area (Å²) in [5, 5.41) is 13.3. The lowest BCUT2D eigenvalue weighted by Crippen LogP contribution is -2.32. The van der Waals surface area contributed by atoms with E-state index in [-0.39, 0.29) is 17.5 Å². The van der Waals surface area contributed by atoms with Crippen LogP contribution in [0, 0.1) is 0 Å². The summed E-state index contributed by atoms with van der Waals surface area (Å²) in [6.45, 7) is 0.766. The van der Waals surface area contributed by atoms with Crippen LogP contribution in [0.15, 0.2) is 12.4 Å². The van der Waals surface area contributed by atoms with Crippen LogP contribution in [0.4, 0.5) is 0 Å². The Morgan fingerprint density at radius 2 is 2.18 bits per heavy atom. The van der Waals surface area contributed by atoms with Crippen LogP contribution in [0.5, 0.6) is 5.75 Å². The van der Waals surface area contributed by atoms with E-state index in [4.69, 9.17) is 4.74 Å². The molecule has 0 aromatic carbocycles. The maximum Gasteiger partial charge on any atom is 0.153 e. The van der Waals surface area contributed by atoms with Crippen molar-refractivity contribution in [1.82, 2.24) is 9.78 Å². The molecule has 1 spiro atoms. The minimum atomic E-state index is 0.179. The fourth-order valence-corrected chi connectivity index (χ4v) is 3.25. The predicted molar refractivity (Wildman–Crippen MR) is 63.8 cm³/mol. The van der Waals surface area contributed by atoms with Gasteiger partial charge in [0.2, 0.25) is 0 Å². The zero-order valence-corrected chi connectivity index (χ0v) is 10.1. The Kier molecular flexibility index (Phi) is 2.82. The summed E-state index contributed by atoms with van der Waals surface area (Å²) in [5.41, 5.74) is 0.179. The van der Waals surface area contributed by atoms with Gasteiger partial charge in [0.15, 0.2) is 5.75 Å². The second kappa shape index (κ2) is 4.33. The first-order valence-corrected chi connectivity index (χ1v) is 6.65. The molecule has 1 aromatic heterocycles. The quantitative estimate of drug-likeness (QED) is 0.858. The van der Waals surface area contributed by atoms with Crippen LogP contribution in [0.1, 0.15) is 44.9 Å². The summed E-state index contributed by atoms with van der Waals surface area (Å²) in [5.74, 6) is 0.232. The van der Waals surface area contributed by atoms with E-state index in [9.17, 15) is 5.11 Å². The highest BCUT2D eigenvalue weighted by Crippen LogP contribution is 2.42. The molecule has 1 unspecified atom stereocenters. The van der Waals surface area contributed by atoms with Crippen LogP contribution in [0.25, 0.3) is 0 Å². The zero-order valence-electron chi connectivity index (χ0n) is 10.1. The highest BCUT2D eigenvalue weighted by molar-refractivity contribution is 5.08. The van der Waals surface area contributed by atoms with Crippen LogP contribution in [0.2, 0.25) is 0 Å². The topological polar surface area (TPSA) is 47.3 Å². The van der Waals surface area contributed by atoms with Gasteiger partial charge in [-0.2, -0.15) is 5.10 Å². The number of ether oxygens (including phenoxy) is 1. The van der Waals surface area contributed by atoms with E-state index in [2.05, 4.69) is 5.10 Å². The summed E-state index contributed by atoms with van der Waals surface area (Å²) < 4.78 is 8.04. The number of aromatic hydroxyl groups is 1. The van der Waals surface area contributed by atoms with E-state index in [0.29, 0.717) is 0 Å². The van der Waals surface area contributed by atoms with Gasteiger partial charge in [-0.25, -0.2) is 0 Å². The Morgan fingerprint density at radius 1 is 1.35 bits per heavy atom. The smallest absolute Gasteiger partial charge is 0.153 e. The minimum Gasteiger partial charge on any atom is -0.505 e. The first-order chi connectivity index (χ1) is 8.26. The van der Waals surface area contributed by atoms with Crippen LogP contribution in [-0.2, 0) is 11.3 Å². The van der Waals surface area contributed by atoms with Crippen molar-refractivity contribution in [2.24, 2.45) is 0 Å². The van der Waals surface area contributed by atoms with Crippen LogP contribution < -0.4 is 0 Å². The van der Waals surface area contributed by atoms with Gasteiger partial charge in [-0.15, -0.1) is 0 Å². The maximum absolute atomic E-state index is 9.25. The van der Waals surface area contributed by atoms with Crippen molar-refractivity contribution in [2.45, 2.75) is 63.2 Å². The zero-order chi connectivity index (χ0) is 11.7. The monoisotopic (exact) mass is 236 g/mol. The molecule has 0 amide bonds. The molecule has 17 heavy (non-hydrogen) atoms. The van der Waals surface area contributed by atoms with Gasteiger partial charge in [-0.3, -0.25) is 4.68 Å². The molecule has 1 aliphatic heterocycles. The third-order valence-electron chi connectivity index (χ3n) is 4.11. The van der Waals surface area contributed by atoms with Gasteiger partial charge in [0.1, 0.15) is 0 Å². The molecular formula is C13H20N2O2. The Bertz CT molecular complexity index is 383. The Labute approximate surface area is 102 Å². The van der Waals surface area contributed by atoms with E-state index < -0.39 is 0 Å². The van der Waals surface area contributed by atoms with Crippen molar-refractivity contribution in [3.63, 3.8) is 0 Å². The van der Waals surface area contributed by atoms with Gasteiger partial charge < -0.3 is 9.84 Å². The molecule has 2 heterocycles. The van der Waals surface area contributed by atoms with Gasteiger partial charge in [0.05, 0.1) is 30.6 Å². The Morgan fingerprint density at radius 3 is 2.88 bits per heavy atom. The molecule has 1 aliphatic carbocycles. The summed E-state index contributed by atoms with van der Waals surface area (Å²) >= 11 is 0. The minimum absolute atomic E-state index is 0.179. The first-order valence-electron chi connectivity index (χ1n) is 6.65. The van der Waals surface area contributed by atoms with Crippen molar-refractivity contribution >= 4 is 0 Å². The number of rotatable bonds is 2. The number of hydrogen-bond acceptors (Lipinski definition) is 3. The van der Waals surface area contributed by atoms with Gasteiger partial charge in [-0.05, 0) is 25.7 Å². The molecule has 4 heteroatoms. The number of nitrogens with zero attached hydrogens (tertiary/aromatic N) is 2. The third kappa shape index (κ3) is 2.32. The maximum atomic E-state index is 9.25. The molecule has 4 nitrogen and oxygen atoms in total.